The minimum atomic E-state index is -4.80. The van der Waals surface area contributed by atoms with Crippen molar-refractivity contribution in [2.45, 2.75) is 38.7 Å². The lowest BCUT2D eigenvalue weighted by atomic mass is 9.96. The summed E-state index contributed by atoms with van der Waals surface area (Å²) < 4.78 is 81.8. The van der Waals surface area contributed by atoms with Crippen LogP contribution in [0.1, 0.15) is 34.8 Å². The molecular formula is C20H18F6O4. The van der Waals surface area contributed by atoms with Crippen LogP contribution in [0.5, 0.6) is 17.2 Å². The molecule has 164 valence electrons. The van der Waals surface area contributed by atoms with Crippen molar-refractivity contribution in [3.05, 3.63) is 53.1 Å². The second-order valence-electron chi connectivity index (χ2n) is 6.35. The van der Waals surface area contributed by atoms with Crippen LogP contribution in [-0.2, 0) is 12.8 Å². The molecule has 0 aliphatic carbocycles. The van der Waals surface area contributed by atoms with E-state index in [4.69, 9.17) is 0 Å². The first-order chi connectivity index (χ1) is 13.9. The van der Waals surface area contributed by atoms with Crippen molar-refractivity contribution in [2.75, 3.05) is 6.61 Å². The van der Waals surface area contributed by atoms with Crippen LogP contribution in [0.3, 0.4) is 0 Å². The Morgan fingerprint density at radius 3 is 2.17 bits per heavy atom. The van der Waals surface area contributed by atoms with E-state index in [0.29, 0.717) is 11.1 Å². The molecule has 0 atom stereocenters. The average Bonchev–Trinajstić information content (AvgIpc) is 2.63. The van der Waals surface area contributed by atoms with Crippen LogP contribution in [0.25, 0.3) is 0 Å². The summed E-state index contributed by atoms with van der Waals surface area (Å²) in [6.45, 7) is 0.134. The monoisotopic (exact) mass is 436 g/mol. The normalized spacial score (nSPS) is 12.0. The van der Waals surface area contributed by atoms with Crippen LogP contribution >= 0.6 is 0 Å². The third kappa shape index (κ3) is 7.16. The predicted octanol–water partition coefficient (Wildman–Crippen LogP) is 5.61. The van der Waals surface area contributed by atoms with Gasteiger partial charge in [0.25, 0.3) is 0 Å². The summed E-state index contributed by atoms with van der Waals surface area (Å²) in [6.07, 6.45) is -8.97. The minimum Gasteiger partial charge on any atom is -0.507 e. The first-order valence-electron chi connectivity index (χ1n) is 8.81. The van der Waals surface area contributed by atoms with Crippen molar-refractivity contribution in [2.24, 2.45) is 0 Å². The number of ketones is 1. The Labute approximate surface area is 168 Å². The van der Waals surface area contributed by atoms with Gasteiger partial charge in [-0.3, -0.25) is 4.79 Å². The van der Waals surface area contributed by atoms with E-state index in [-0.39, 0.29) is 30.6 Å². The molecule has 0 aliphatic rings. The fourth-order valence-electron chi connectivity index (χ4n) is 2.75. The van der Waals surface area contributed by atoms with Crippen molar-refractivity contribution in [3.63, 3.8) is 0 Å². The van der Waals surface area contributed by atoms with E-state index in [9.17, 15) is 36.2 Å². The van der Waals surface area contributed by atoms with Gasteiger partial charge in [-0.05, 0) is 42.2 Å². The van der Waals surface area contributed by atoms with E-state index in [2.05, 4.69) is 9.47 Å². The number of hydrogen-bond donors (Lipinski definition) is 1. The van der Waals surface area contributed by atoms with Crippen molar-refractivity contribution < 1.29 is 45.7 Å². The number of halogens is 6. The Hall–Kier alpha value is -2.91. The molecular weight excluding hydrogens is 418 g/mol. The molecule has 2 rings (SSSR count). The van der Waals surface area contributed by atoms with Gasteiger partial charge in [-0.1, -0.05) is 19.1 Å². The number of rotatable bonds is 8. The molecule has 4 nitrogen and oxygen atoms in total. The summed E-state index contributed by atoms with van der Waals surface area (Å²) in [4.78, 5) is 12.5. The molecule has 0 amide bonds. The van der Waals surface area contributed by atoms with Crippen LogP contribution < -0.4 is 9.47 Å². The number of Topliss-reactive ketones (excluding diaryl/α,β-unsaturated/α-hetero) is 1. The largest absolute Gasteiger partial charge is 0.573 e. The van der Waals surface area contributed by atoms with E-state index >= 15 is 0 Å². The molecule has 0 heterocycles. The van der Waals surface area contributed by atoms with Crippen LogP contribution in [0.15, 0.2) is 36.4 Å². The lowest BCUT2D eigenvalue weighted by Gasteiger charge is -2.14. The van der Waals surface area contributed by atoms with Gasteiger partial charge in [0.1, 0.15) is 17.2 Å². The zero-order valence-electron chi connectivity index (χ0n) is 15.7. The van der Waals surface area contributed by atoms with E-state index in [1.165, 1.54) is 18.2 Å². The molecule has 0 aromatic heterocycles. The number of aryl methyl sites for hydroxylation is 2. The van der Waals surface area contributed by atoms with Crippen molar-refractivity contribution in [1.29, 1.82) is 0 Å². The van der Waals surface area contributed by atoms with Crippen LogP contribution in [0, 0.1) is 0 Å². The van der Waals surface area contributed by atoms with Crippen molar-refractivity contribution in [1.82, 2.24) is 0 Å². The molecule has 0 radical (unpaired) electrons. The van der Waals surface area contributed by atoms with Gasteiger partial charge in [0.2, 0.25) is 0 Å². The summed E-state index contributed by atoms with van der Waals surface area (Å²) in [7, 11) is 0. The highest BCUT2D eigenvalue weighted by atomic mass is 19.4. The summed E-state index contributed by atoms with van der Waals surface area (Å²) >= 11 is 0. The fourth-order valence-corrected chi connectivity index (χ4v) is 2.75. The molecule has 0 saturated heterocycles. The lowest BCUT2D eigenvalue weighted by molar-refractivity contribution is -0.274. The quantitative estimate of drug-likeness (QED) is 0.432. The second-order valence-corrected chi connectivity index (χ2v) is 6.35. The first-order valence-corrected chi connectivity index (χ1v) is 8.81. The number of benzene rings is 2. The summed E-state index contributed by atoms with van der Waals surface area (Å²) in [5.74, 6) is -1.55. The summed E-state index contributed by atoms with van der Waals surface area (Å²) in [6, 6.07) is 7.21. The van der Waals surface area contributed by atoms with Gasteiger partial charge < -0.3 is 14.6 Å². The highest BCUT2D eigenvalue weighted by Crippen LogP contribution is 2.31. The average molecular weight is 436 g/mol. The number of phenolic OH excluding ortho intramolecular Hbond substituents is 1. The Morgan fingerprint density at radius 2 is 1.63 bits per heavy atom. The van der Waals surface area contributed by atoms with Gasteiger partial charge in [0.15, 0.2) is 12.4 Å². The fraction of sp³-hybridized carbons (Fsp3) is 0.350. The lowest BCUT2D eigenvalue weighted by Crippen LogP contribution is -2.19. The maximum Gasteiger partial charge on any atom is 0.573 e. The molecule has 0 saturated carbocycles. The topological polar surface area (TPSA) is 55.8 Å². The van der Waals surface area contributed by atoms with E-state index in [0.717, 1.165) is 18.2 Å². The van der Waals surface area contributed by atoms with Gasteiger partial charge in [0.05, 0.1) is 5.56 Å². The zero-order chi connectivity index (χ0) is 22.5. The van der Waals surface area contributed by atoms with Crippen molar-refractivity contribution >= 4 is 5.78 Å². The molecule has 0 aliphatic heterocycles. The molecule has 1 N–H and O–H groups in total. The maximum absolute atomic E-state index is 12.5. The Bertz CT molecular complexity index is 873. The molecule has 0 bridgehead atoms. The summed E-state index contributed by atoms with van der Waals surface area (Å²) in [5.41, 5.74) is 0.875. The van der Waals surface area contributed by atoms with Crippen LogP contribution in [-0.4, -0.2) is 30.0 Å². The number of ether oxygens (including phenoxy) is 2. The number of aromatic hydroxyl groups is 1. The molecule has 10 heteroatoms. The molecule has 0 unspecified atom stereocenters. The van der Waals surface area contributed by atoms with Crippen LogP contribution in [0.2, 0.25) is 0 Å². The number of alkyl halides is 6. The van der Waals surface area contributed by atoms with Gasteiger partial charge in [0, 0.05) is 12.5 Å². The van der Waals surface area contributed by atoms with Gasteiger partial charge in [-0.15, -0.1) is 13.2 Å². The number of hydrogen-bond acceptors (Lipinski definition) is 4. The SMILES string of the molecule is CCc1cc(OCC(F)(F)F)cc(O)c1C(=O)CCc1ccc(OC(F)(F)F)cc1. The number of carbonyl (C=O) groups is 1. The zero-order valence-corrected chi connectivity index (χ0v) is 15.7. The van der Waals surface area contributed by atoms with E-state index in [1.807, 2.05) is 0 Å². The third-order valence-corrected chi connectivity index (χ3v) is 4.03. The van der Waals surface area contributed by atoms with Crippen molar-refractivity contribution in [3.8, 4) is 17.2 Å². The molecule has 2 aromatic carbocycles. The van der Waals surface area contributed by atoms with Gasteiger partial charge >= 0.3 is 12.5 Å². The standard InChI is InChI=1S/C20H18F6O4/c1-2-13-9-15(29-11-19(21,22)23)10-17(28)18(13)16(27)8-5-12-3-6-14(7-4-12)30-20(24,25)26/h3-4,6-7,9-10,28H,2,5,8,11H2,1H3. The van der Waals surface area contributed by atoms with Gasteiger partial charge in [-0.25, -0.2) is 0 Å². The Kier molecular flexibility index (Phi) is 7.22. The molecule has 0 spiro atoms. The molecule has 30 heavy (non-hydrogen) atoms. The third-order valence-electron chi connectivity index (χ3n) is 4.03. The van der Waals surface area contributed by atoms with E-state index < -0.39 is 36.4 Å². The second kappa shape index (κ2) is 9.27. The van der Waals surface area contributed by atoms with Gasteiger partial charge in [-0.2, -0.15) is 13.2 Å². The molecule has 2 aromatic rings. The first kappa shape index (κ1) is 23.4. The Balaban J connectivity index is 2.07. The maximum atomic E-state index is 12.5. The minimum absolute atomic E-state index is 0.0196. The number of phenols is 1. The highest BCUT2D eigenvalue weighted by Gasteiger charge is 2.31. The smallest absolute Gasteiger partial charge is 0.507 e. The summed E-state index contributed by atoms with van der Waals surface area (Å²) in [5, 5.41) is 10.1. The highest BCUT2D eigenvalue weighted by molar-refractivity contribution is 6.00. The predicted molar refractivity (Wildman–Crippen MR) is 94.8 cm³/mol. The van der Waals surface area contributed by atoms with E-state index in [1.54, 1.807) is 6.92 Å². The van der Waals surface area contributed by atoms with Crippen LogP contribution in [0.4, 0.5) is 26.3 Å². The Morgan fingerprint density at radius 1 is 1.00 bits per heavy atom. The molecule has 0 fully saturated rings. The number of carbonyl (C=O) groups excluding carboxylic acids is 1.